The molecular formula is C16H15Cl3O3S. The molecule has 2 aromatic carbocycles. The molecule has 2 rings (SSSR count). The molecule has 0 N–H and O–H groups in total. The molecule has 2 aromatic rings. The van der Waals surface area contributed by atoms with Crippen molar-refractivity contribution in [3.8, 4) is 0 Å². The monoisotopic (exact) mass is 392 g/mol. The van der Waals surface area contributed by atoms with Gasteiger partial charge in [-0.2, -0.15) is 8.42 Å². The van der Waals surface area contributed by atoms with Crippen LogP contribution in [0.25, 0.3) is 0 Å². The maximum Gasteiger partial charge on any atom is 0.264 e. The molecule has 0 aliphatic carbocycles. The predicted molar refractivity (Wildman–Crippen MR) is 95.2 cm³/mol. The van der Waals surface area contributed by atoms with Crippen molar-refractivity contribution in [2.45, 2.75) is 12.3 Å². The molecule has 0 saturated heterocycles. The number of benzene rings is 2. The molecule has 0 bridgehead atoms. The lowest BCUT2D eigenvalue weighted by Gasteiger charge is -2.19. The molecule has 3 nitrogen and oxygen atoms in total. The maximum absolute atomic E-state index is 11.3. The third kappa shape index (κ3) is 5.37. The Balaban J connectivity index is 2.36. The van der Waals surface area contributed by atoms with Crippen LogP contribution in [0.3, 0.4) is 0 Å². The van der Waals surface area contributed by atoms with E-state index < -0.39 is 10.1 Å². The van der Waals surface area contributed by atoms with E-state index in [2.05, 4.69) is 0 Å². The van der Waals surface area contributed by atoms with E-state index in [0.29, 0.717) is 21.5 Å². The Labute approximate surface area is 151 Å². The molecular weight excluding hydrogens is 379 g/mol. The van der Waals surface area contributed by atoms with Gasteiger partial charge in [-0.05, 0) is 35.7 Å². The smallest absolute Gasteiger partial charge is 0.264 e. The molecule has 0 aliphatic heterocycles. The average molecular weight is 394 g/mol. The van der Waals surface area contributed by atoms with Crippen LogP contribution < -0.4 is 0 Å². The Morgan fingerprint density at radius 1 is 0.957 bits per heavy atom. The second kappa shape index (κ2) is 7.86. The van der Waals surface area contributed by atoms with Crippen molar-refractivity contribution in [3.05, 3.63) is 68.7 Å². The number of hydrogen-bond donors (Lipinski definition) is 0. The van der Waals surface area contributed by atoms with E-state index in [0.717, 1.165) is 17.4 Å². The second-order valence-electron chi connectivity index (χ2n) is 5.11. The minimum atomic E-state index is -3.56. The van der Waals surface area contributed by atoms with Crippen molar-refractivity contribution in [1.82, 2.24) is 0 Å². The van der Waals surface area contributed by atoms with Gasteiger partial charge in [0.05, 0.1) is 12.9 Å². The van der Waals surface area contributed by atoms with Gasteiger partial charge in [-0.25, -0.2) is 0 Å². The highest BCUT2D eigenvalue weighted by Crippen LogP contribution is 2.33. The first kappa shape index (κ1) is 18.6. The van der Waals surface area contributed by atoms with Gasteiger partial charge in [0.1, 0.15) is 0 Å². The number of hydrogen-bond acceptors (Lipinski definition) is 3. The fourth-order valence-electron chi connectivity index (χ4n) is 2.24. The van der Waals surface area contributed by atoms with Crippen molar-refractivity contribution in [2.75, 3.05) is 12.9 Å². The molecule has 0 aliphatic rings. The molecule has 1 atom stereocenters. The minimum Gasteiger partial charge on any atom is -0.270 e. The Morgan fingerprint density at radius 2 is 1.52 bits per heavy atom. The van der Waals surface area contributed by atoms with Gasteiger partial charge in [0, 0.05) is 21.0 Å². The van der Waals surface area contributed by atoms with Crippen LogP contribution >= 0.6 is 34.8 Å². The normalized spacial score (nSPS) is 13.0. The highest BCUT2D eigenvalue weighted by atomic mass is 35.5. The second-order valence-corrected chi connectivity index (χ2v) is 7.98. The summed E-state index contributed by atoms with van der Waals surface area (Å²) in [6, 6.07) is 12.5. The van der Waals surface area contributed by atoms with E-state index in [1.165, 1.54) is 0 Å². The number of halogens is 3. The lowest BCUT2D eigenvalue weighted by molar-refractivity contribution is 0.293. The van der Waals surface area contributed by atoms with Crippen LogP contribution in [0.4, 0.5) is 0 Å². The molecule has 0 spiro atoms. The van der Waals surface area contributed by atoms with E-state index in [-0.39, 0.29) is 12.5 Å². The van der Waals surface area contributed by atoms with Gasteiger partial charge in [-0.1, -0.05) is 59.1 Å². The van der Waals surface area contributed by atoms with Crippen LogP contribution in [-0.2, 0) is 20.7 Å². The lowest BCUT2D eigenvalue weighted by Crippen LogP contribution is -2.15. The zero-order chi connectivity index (χ0) is 17.0. The zero-order valence-corrected chi connectivity index (χ0v) is 15.4. The summed E-state index contributed by atoms with van der Waals surface area (Å²) in [4.78, 5) is 0. The number of rotatable bonds is 6. The van der Waals surface area contributed by atoms with Gasteiger partial charge in [0.15, 0.2) is 0 Å². The third-order valence-corrected chi connectivity index (χ3v) is 4.96. The van der Waals surface area contributed by atoms with Gasteiger partial charge in [0.25, 0.3) is 10.1 Å². The Morgan fingerprint density at radius 3 is 2.09 bits per heavy atom. The Bertz CT molecular complexity index is 771. The van der Waals surface area contributed by atoms with Crippen molar-refractivity contribution < 1.29 is 12.6 Å². The van der Waals surface area contributed by atoms with Crippen LogP contribution in [0.5, 0.6) is 0 Å². The largest absolute Gasteiger partial charge is 0.270 e. The SMILES string of the molecule is CS(=O)(=O)OC[C@@H](Cc1c(Cl)cccc1Cl)c1ccccc1Cl. The van der Waals surface area contributed by atoms with Crippen LogP contribution in [0.2, 0.25) is 15.1 Å². The van der Waals surface area contributed by atoms with Crippen molar-refractivity contribution in [1.29, 1.82) is 0 Å². The highest BCUT2D eigenvalue weighted by molar-refractivity contribution is 7.85. The molecule has 7 heteroatoms. The van der Waals surface area contributed by atoms with E-state index >= 15 is 0 Å². The van der Waals surface area contributed by atoms with E-state index in [1.807, 2.05) is 18.2 Å². The molecule has 0 amide bonds. The first-order valence-electron chi connectivity index (χ1n) is 6.79. The standard InChI is InChI=1S/C16H15Cl3O3S/c1-23(20,21)22-10-11(12-5-2-3-6-14(12)17)9-13-15(18)7-4-8-16(13)19/h2-8,11H,9-10H2,1H3/t11-/m1/s1. The van der Waals surface area contributed by atoms with Crippen molar-refractivity contribution in [2.24, 2.45) is 0 Å². The van der Waals surface area contributed by atoms with Crippen LogP contribution in [-0.4, -0.2) is 21.3 Å². The first-order chi connectivity index (χ1) is 10.8. The summed E-state index contributed by atoms with van der Waals surface area (Å²) in [6.45, 7) is -0.0376. The third-order valence-electron chi connectivity index (χ3n) is 3.34. The molecule has 0 unspecified atom stereocenters. The fourth-order valence-corrected chi connectivity index (χ4v) is 3.50. The van der Waals surface area contributed by atoms with Gasteiger partial charge < -0.3 is 0 Å². The van der Waals surface area contributed by atoms with Crippen LogP contribution in [0.15, 0.2) is 42.5 Å². The lowest BCUT2D eigenvalue weighted by atomic mass is 9.92. The summed E-state index contributed by atoms with van der Waals surface area (Å²) in [7, 11) is -3.56. The predicted octanol–water partition coefficient (Wildman–Crippen LogP) is 4.95. The van der Waals surface area contributed by atoms with Gasteiger partial charge in [0.2, 0.25) is 0 Å². The molecule has 0 heterocycles. The summed E-state index contributed by atoms with van der Waals surface area (Å²) in [5, 5.41) is 1.58. The topological polar surface area (TPSA) is 43.4 Å². The summed E-state index contributed by atoms with van der Waals surface area (Å²) < 4.78 is 27.6. The average Bonchev–Trinajstić information content (AvgIpc) is 2.46. The van der Waals surface area contributed by atoms with Crippen molar-refractivity contribution in [3.63, 3.8) is 0 Å². The minimum absolute atomic E-state index is 0.0376. The molecule has 0 saturated carbocycles. The van der Waals surface area contributed by atoms with Gasteiger partial charge in [-0.3, -0.25) is 4.18 Å². The molecule has 0 aromatic heterocycles. The van der Waals surface area contributed by atoms with Crippen LogP contribution in [0.1, 0.15) is 17.0 Å². The summed E-state index contributed by atoms with van der Waals surface area (Å²) in [5.74, 6) is -0.296. The Kier molecular flexibility index (Phi) is 6.34. The van der Waals surface area contributed by atoms with Crippen molar-refractivity contribution >= 4 is 44.9 Å². The fraction of sp³-hybridized carbons (Fsp3) is 0.250. The van der Waals surface area contributed by atoms with E-state index in [1.54, 1.807) is 24.3 Å². The highest BCUT2D eigenvalue weighted by Gasteiger charge is 2.20. The Hall–Kier alpha value is -0.780. The maximum atomic E-state index is 11.3. The first-order valence-corrected chi connectivity index (χ1v) is 9.74. The quantitative estimate of drug-likeness (QED) is 0.652. The molecule has 0 fully saturated rings. The summed E-state index contributed by atoms with van der Waals surface area (Å²) in [5.41, 5.74) is 1.52. The zero-order valence-electron chi connectivity index (χ0n) is 12.3. The van der Waals surface area contributed by atoms with Crippen LogP contribution in [0, 0.1) is 0 Å². The summed E-state index contributed by atoms with van der Waals surface area (Å²) >= 11 is 18.7. The van der Waals surface area contributed by atoms with Gasteiger partial charge in [-0.15, -0.1) is 0 Å². The molecule has 23 heavy (non-hydrogen) atoms. The van der Waals surface area contributed by atoms with Gasteiger partial charge >= 0.3 is 0 Å². The molecule has 0 radical (unpaired) electrons. The summed E-state index contributed by atoms with van der Waals surface area (Å²) in [6.07, 6.45) is 1.43. The van der Waals surface area contributed by atoms with E-state index in [4.69, 9.17) is 39.0 Å². The molecule has 124 valence electrons. The van der Waals surface area contributed by atoms with E-state index in [9.17, 15) is 8.42 Å².